The van der Waals surface area contributed by atoms with Gasteiger partial charge in [-0.25, -0.2) is 48.7 Å². The Balaban J connectivity index is 0.000000141. The van der Waals surface area contributed by atoms with Crippen LogP contribution in [-0.4, -0.2) is 182 Å². The number of nitrogens with zero attached hydrogens (tertiary/aromatic N) is 15. The van der Waals surface area contributed by atoms with Crippen LogP contribution < -0.4 is 43.9 Å². The van der Waals surface area contributed by atoms with Gasteiger partial charge in [-0.05, 0) is 234 Å². The van der Waals surface area contributed by atoms with Gasteiger partial charge < -0.3 is 63.3 Å². The number of fused-ring (bicyclic) bond motifs is 2. The van der Waals surface area contributed by atoms with Crippen LogP contribution >= 0.6 is 11.6 Å². The van der Waals surface area contributed by atoms with Crippen molar-refractivity contribution in [1.29, 1.82) is 0 Å². The molecule has 2 unspecified atom stereocenters. The van der Waals surface area contributed by atoms with Crippen LogP contribution in [0, 0.1) is 23.5 Å². The molecule has 0 spiro atoms. The quantitative estimate of drug-likeness (QED) is 0.0470. The number of morpholine rings is 1. The number of aromatic nitrogens is 8. The Kier molecular flexibility index (Phi) is 35.9. The Hall–Kier alpha value is -14.3. The first-order valence-electron chi connectivity index (χ1n) is 52.1. The molecule has 0 radical (unpaired) electrons. The van der Waals surface area contributed by atoms with E-state index in [0.29, 0.717) is 167 Å². The molecule has 5 aliphatic heterocycles. The highest BCUT2D eigenvalue weighted by Gasteiger charge is 2.36. The summed E-state index contributed by atoms with van der Waals surface area (Å²) in [6, 6.07) is 69.7. The summed E-state index contributed by atoms with van der Waals surface area (Å²) < 4.78 is 58.1. The van der Waals surface area contributed by atoms with Crippen molar-refractivity contribution in [1.82, 2.24) is 59.9 Å². The van der Waals surface area contributed by atoms with Gasteiger partial charge in [0.25, 0.3) is 23.6 Å². The summed E-state index contributed by atoms with van der Waals surface area (Å²) in [6.07, 6.45) is 19.5. The second kappa shape index (κ2) is 49.9. The highest BCUT2D eigenvalue weighted by Crippen LogP contribution is 2.42. The fourth-order valence-electron chi connectivity index (χ4n) is 19.3. The van der Waals surface area contributed by atoms with E-state index in [4.69, 9.17) is 55.2 Å². The molecule has 1 saturated carbocycles. The molecular formula is C120H137ClF2N16O9. The molecule has 1 aliphatic carbocycles. The average molecular weight is 2020 g/mol. The van der Waals surface area contributed by atoms with Gasteiger partial charge in [-0.2, -0.15) is 0 Å². The summed E-state index contributed by atoms with van der Waals surface area (Å²) in [4.78, 5) is 107. The molecule has 25 nitrogen and oxygen atoms in total. The minimum atomic E-state index is -0.408. The number of amides is 4. The summed E-state index contributed by atoms with van der Waals surface area (Å²) in [5.41, 5.74) is 11.2. The van der Waals surface area contributed by atoms with Crippen LogP contribution in [0.1, 0.15) is 223 Å². The fourth-order valence-corrected chi connectivity index (χ4v) is 19.5. The maximum atomic E-state index is 15.1. The van der Waals surface area contributed by atoms with Crippen molar-refractivity contribution in [2.75, 3.05) is 105 Å². The molecule has 4 aromatic heterocycles. The van der Waals surface area contributed by atoms with E-state index in [0.717, 1.165) is 117 Å². The second-order valence-electron chi connectivity index (χ2n) is 41.4. The number of hydrogen-bond acceptors (Lipinski definition) is 21. The molecule has 5 fully saturated rings. The van der Waals surface area contributed by atoms with Crippen LogP contribution in [0.5, 0.6) is 28.7 Å². The average Bonchev–Trinajstić information content (AvgIpc) is 0.850. The zero-order valence-electron chi connectivity index (χ0n) is 87.2. The third kappa shape index (κ3) is 27.4. The van der Waals surface area contributed by atoms with Crippen LogP contribution in [0.2, 0.25) is 5.02 Å². The second-order valence-corrected chi connectivity index (χ2v) is 41.8. The molecule has 9 heterocycles. The number of benzene rings is 9. The smallest absolute Gasteiger partial charge is 0.258 e. The Morgan fingerprint density at radius 1 is 0.412 bits per heavy atom. The maximum absolute atomic E-state index is 15.1. The van der Waals surface area contributed by atoms with Crippen molar-refractivity contribution in [3.05, 3.63) is 316 Å². The van der Waals surface area contributed by atoms with Crippen LogP contribution in [0.15, 0.2) is 249 Å². The van der Waals surface area contributed by atoms with E-state index in [-0.39, 0.29) is 59.4 Å². The molecule has 28 heteroatoms. The standard InChI is InChI=1S/C31H35FN4O3.C30H37ClN4O.C30H37FN4O.C29H28N4O4/c1-20(2)36(17-21-11-12-27-28(15-21)39-19-38-27)30(37)25-16-33-31(34-29(25)24-9-5-6-10-26(24)32)35-14-13-22-7-3-4-8-23(22)18-35;2*1-21(2)35(20-22-13-15-23(16-14-22)30(3,4)5)28(36)25-19-32-29(34-17-9-6-10-18-34)33-27(25)24-11-7-8-12-26(24)31;34-28(30-15-18-36-23-7-3-1-4-8-23)26-21-31-29(33-16-19-35-20-17-33)32-27(26)22-11-13-25(14-12-22)37-24-9-5-2-6-10-24/h5-6,9-12,15-16,20,22-23H,3-4,7-8,13-14,17-19H2,1-2H3;2*7-8,11-16,19,21H,6,9-10,17-18,20H2,1-5H3;1-14,21H,15-20H2,(H,30,34). The van der Waals surface area contributed by atoms with Gasteiger partial charge in [-0.1, -0.05) is 206 Å². The van der Waals surface area contributed by atoms with E-state index >= 15 is 4.39 Å². The van der Waals surface area contributed by atoms with Crippen LogP contribution in [0.25, 0.3) is 45.0 Å². The normalized spacial score (nSPS) is 15.5. The minimum absolute atomic E-state index is 0.000610. The van der Waals surface area contributed by atoms with Gasteiger partial charge in [0, 0.05) is 142 Å². The van der Waals surface area contributed by atoms with Gasteiger partial charge in [-0.15, -0.1) is 0 Å². The summed E-state index contributed by atoms with van der Waals surface area (Å²) >= 11 is 6.60. The number of anilines is 4. The number of halogens is 3. The van der Waals surface area contributed by atoms with Crippen LogP contribution in [-0.2, 0) is 35.2 Å². The van der Waals surface area contributed by atoms with Crippen molar-refractivity contribution >= 4 is 59.0 Å². The number of rotatable bonds is 27. The van der Waals surface area contributed by atoms with Crippen molar-refractivity contribution in [2.24, 2.45) is 11.8 Å². The van der Waals surface area contributed by atoms with E-state index in [2.05, 4.69) is 135 Å². The Labute approximate surface area is 874 Å². The van der Waals surface area contributed by atoms with E-state index in [1.807, 2.05) is 174 Å². The van der Waals surface area contributed by atoms with Gasteiger partial charge in [-0.3, -0.25) is 19.2 Å². The number of para-hydroxylation sites is 2. The van der Waals surface area contributed by atoms with Gasteiger partial charge in [0.05, 0.1) is 64.8 Å². The van der Waals surface area contributed by atoms with Gasteiger partial charge in [0.2, 0.25) is 30.6 Å². The molecule has 4 amide bonds. The molecule has 1 N–H and O–H groups in total. The lowest BCUT2D eigenvalue weighted by atomic mass is 9.75. The number of ether oxygens (including phenoxy) is 5. The van der Waals surface area contributed by atoms with Crippen molar-refractivity contribution in [3.63, 3.8) is 0 Å². The van der Waals surface area contributed by atoms with Gasteiger partial charge in [0.15, 0.2) is 11.5 Å². The van der Waals surface area contributed by atoms with E-state index in [1.54, 1.807) is 71.0 Å². The lowest BCUT2D eigenvalue weighted by Gasteiger charge is -2.41. The summed E-state index contributed by atoms with van der Waals surface area (Å²) in [6.45, 7) is 35.4. The maximum Gasteiger partial charge on any atom is 0.258 e. The van der Waals surface area contributed by atoms with Crippen molar-refractivity contribution < 1.29 is 51.6 Å². The molecular weight excluding hydrogens is 1880 g/mol. The lowest BCUT2D eigenvalue weighted by Crippen LogP contribution is -2.42. The summed E-state index contributed by atoms with van der Waals surface area (Å²) in [5, 5.41) is 3.49. The van der Waals surface area contributed by atoms with E-state index in [9.17, 15) is 23.6 Å². The first-order chi connectivity index (χ1) is 71.5. The third-order valence-corrected chi connectivity index (χ3v) is 28.2. The molecule has 6 aliphatic rings. The van der Waals surface area contributed by atoms with Crippen molar-refractivity contribution in [3.8, 4) is 73.8 Å². The summed E-state index contributed by atoms with van der Waals surface area (Å²) in [7, 11) is 0. The Morgan fingerprint density at radius 3 is 1.30 bits per heavy atom. The molecule has 2 atom stereocenters. The zero-order valence-corrected chi connectivity index (χ0v) is 87.9. The molecule has 19 rings (SSSR count). The number of piperidine rings is 3. The number of hydrogen-bond donors (Lipinski definition) is 1. The van der Waals surface area contributed by atoms with Gasteiger partial charge >= 0.3 is 0 Å². The Morgan fingerprint density at radius 2 is 0.818 bits per heavy atom. The fraction of sp³-hybridized carbons (Fsp3) is 0.383. The number of carbonyl (C=O) groups is 4. The van der Waals surface area contributed by atoms with E-state index in [1.165, 1.54) is 61.8 Å². The first-order valence-corrected chi connectivity index (χ1v) is 52.5. The molecule has 772 valence electrons. The number of carbonyl (C=O) groups excluding carboxylic acids is 4. The van der Waals surface area contributed by atoms with Gasteiger partial charge in [0.1, 0.15) is 35.5 Å². The van der Waals surface area contributed by atoms with E-state index < -0.39 is 11.6 Å². The highest BCUT2D eigenvalue weighted by molar-refractivity contribution is 6.33. The van der Waals surface area contributed by atoms with Crippen LogP contribution in [0.4, 0.5) is 32.6 Å². The lowest BCUT2D eigenvalue weighted by molar-refractivity contribution is 0.0682. The SMILES string of the molecule is CC(C)N(Cc1ccc(C(C)(C)C)cc1)C(=O)c1cnc(N2CCCCC2)nc1-c1ccccc1Cl.CC(C)N(Cc1ccc(C(C)(C)C)cc1)C(=O)c1cnc(N2CCCCC2)nc1-c1ccccc1F.CC(C)N(Cc1ccc2c(c1)OCO2)C(=O)c1cnc(N2CCC3CCCCC3C2)nc1-c1ccccc1F.O=C(NCCOc1ccccc1)c1cnc(N2CCOCC2)nc1-c1ccc(Oc2ccccc2)cc1. The molecule has 13 aromatic rings. The predicted molar refractivity (Wildman–Crippen MR) is 581 cm³/mol. The van der Waals surface area contributed by atoms with Crippen LogP contribution in [0.3, 0.4) is 0 Å². The molecule has 4 saturated heterocycles. The minimum Gasteiger partial charge on any atom is -0.492 e. The third-order valence-electron chi connectivity index (χ3n) is 27.9. The summed E-state index contributed by atoms with van der Waals surface area (Å²) in [5.74, 6) is 5.76. The molecule has 148 heavy (non-hydrogen) atoms. The molecule has 0 bridgehead atoms. The zero-order chi connectivity index (χ0) is 104. The monoisotopic (exact) mass is 2020 g/mol. The van der Waals surface area contributed by atoms with Crippen molar-refractivity contribution in [2.45, 2.75) is 202 Å². The molecule has 9 aromatic carbocycles. The highest BCUT2D eigenvalue weighted by atomic mass is 35.5. The Bertz CT molecular complexity index is 6450. The predicted octanol–water partition coefficient (Wildman–Crippen LogP) is 24.4. The number of nitrogens with one attached hydrogen (secondary N) is 1. The first kappa shape index (κ1) is 106. The largest absolute Gasteiger partial charge is 0.492 e. The topological polar surface area (TPSA) is 252 Å².